The Labute approximate surface area is 118 Å². The first-order chi connectivity index (χ1) is 9.28. The molecule has 1 N–H and O–H groups in total. The monoisotopic (exact) mass is 281 g/mol. The van der Waals surface area contributed by atoms with Gasteiger partial charge in [0.2, 0.25) is 0 Å². The van der Waals surface area contributed by atoms with Gasteiger partial charge in [-0.05, 0) is 20.4 Å². The van der Waals surface area contributed by atoms with E-state index in [9.17, 15) is 0 Å². The van der Waals surface area contributed by atoms with Crippen LogP contribution in [0.4, 0.5) is 0 Å². The molecule has 0 fully saturated rings. The average Bonchev–Trinajstić information content (AvgIpc) is 2.96. The SMILES string of the molecule is CCCC(OCC)C(Cc1cn2ccsc2n1)NC. The molecule has 2 rings (SSSR count). The highest BCUT2D eigenvalue weighted by atomic mass is 32.1. The van der Waals surface area contributed by atoms with Crippen LogP contribution in [0, 0.1) is 0 Å². The van der Waals surface area contributed by atoms with Crippen molar-refractivity contribution in [2.75, 3.05) is 13.7 Å². The van der Waals surface area contributed by atoms with Crippen LogP contribution in [0.15, 0.2) is 17.8 Å². The molecule has 2 atom stereocenters. The van der Waals surface area contributed by atoms with E-state index in [2.05, 4.69) is 46.3 Å². The maximum Gasteiger partial charge on any atom is 0.193 e. The molecular formula is C14H23N3OS. The highest BCUT2D eigenvalue weighted by molar-refractivity contribution is 7.15. The molecule has 0 saturated carbocycles. The number of rotatable bonds is 8. The van der Waals surface area contributed by atoms with Gasteiger partial charge in [0.1, 0.15) is 0 Å². The van der Waals surface area contributed by atoms with Gasteiger partial charge < -0.3 is 10.1 Å². The van der Waals surface area contributed by atoms with Gasteiger partial charge in [-0.1, -0.05) is 13.3 Å². The molecule has 4 nitrogen and oxygen atoms in total. The second kappa shape index (κ2) is 7.03. The van der Waals surface area contributed by atoms with E-state index in [0.29, 0.717) is 6.04 Å². The third-order valence-corrected chi connectivity index (χ3v) is 4.12. The van der Waals surface area contributed by atoms with Crippen molar-refractivity contribution in [3.05, 3.63) is 23.5 Å². The Morgan fingerprint density at radius 3 is 2.95 bits per heavy atom. The zero-order valence-corrected chi connectivity index (χ0v) is 12.7. The summed E-state index contributed by atoms with van der Waals surface area (Å²) in [7, 11) is 2.00. The number of nitrogens with one attached hydrogen (secondary N) is 1. The molecule has 0 bridgehead atoms. The fourth-order valence-electron chi connectivity index (χ4n) is 2.42. The molecule has 0 radical (unpaired) electrons. The van der Waals surface area contributed by atoms with Crippen molar-refractivity contribution < 1.29 is 4.74 Å². The summed E-state index contributed by atoms with van der Waals surface area (Å²) < 4.78 is 7.95. The minimum atomic E-state index is 0.264. The van der Waals surface area contributed by atoms with Gasteiger partial charge in [0.25, 0.3) is 0 Å². The van der Waals surface area contributed by atoms with Gasteiger partial charge in [-0.2, -0.15) is 0 Å². The van der Waals surface area contributed by atoms with Gasteiger partial charge in [0.05, 0.1) is 11.8 Å². The molecular weight excluding hydrogens is 258 g/mol. The van der Waals surface area contributed by atoms with E-state index in [-0.39, 0.29) is 6.10 Å². The quantitative estimate of drug-likeness (QED) is 0.808. The third kappa shape index (κ3) is 3.55. The van der Waals surface area contributed by atoms with Crippen molar-refractivity contribution >= 4 is 16.3 Å². The van der Waals surface area contributed by atoms with Crippen LogP contribution >= 0.6 is 11.3 Å². The molecule has 0 amide bonds. The molecule has 0 aliphatic rings. The number of aromatic nitrogens is 2. The standard InChI is InChI=1S/C14H23N3OS/c1-4-6-13(18-5-2)12(15-3)9-11-10-17-7-8-19-14(17)16-11/h7-8,10,12-13,15H,4-6,9H2,1-3H3. The lowest BCUT2D eigenvalue weighted by Gasteiger charge is -2.26. The van der Waals surface area contributed by atoms with E-state index in [4.69, 9.17) is 4.74 Å². The van der Waals surface area contributed by atoms with E-state index in [1.54, 1.807) is 11.3 Å². The molecule has 0 aliphatic carbocycles. The van der Waals surface area contributed by atoms with E-state index in [1.165, 1.54) is 0 Å². The topological polar surface area (TPSA) is 38.6 Å². The Hall–Kier alpha value is -0.910. The van der Waals surface area contributed by atoms with Gasteiger partial charge in [-0.15, -0.1) is 11.3 Å². The summed E-state index contributed by atoms with van der Waals surface area (Å²) in [5.74, 6) is 0. The predicted octanol–water partition coefficient (Wildman–Crippen LogP) is 2.73. The van der Waals surface area contributed by atoms with Crippen molar-refractivity contribution in [3.63, 3.8) is 0 Å². The molecule has 5 heteroatoms. The number of ether oxygens (including phenoxy) is 1. The van der Waals surface area contributed by atoms with Crippen LogP contribution in [0.5, 0.6) is 0 Å². The highest BCUT2D eigenvalue weighted by Gasteiger charge is 2.21. The second-order valence-electron chi connectivity index (χ2n) is 4.71. The number of fused-ring (bicyclic) bond motifs is 1. The van der Waals surface area contributed by atoms with E-state index < -0.39 is 0 Å². The summed E-state index contributed by atoms with van der Waals surface area (Å²) in [6.07, 6.45) is 7.57. The first-order valence-corrected chi connectivity index (χ1v) is 7.86. The normalized spacial score (nSPS) is 14.9. The second-order valence-corrected chi connectivity index (χ2v) is 5.58. The van der Waals surface area contributed by atoms with Crippen LogP contribution in [0.2, 0.25) is 0 Å². The van der Waals surface area contributed by atoms with Crippen LogP contribution in [-0.4, -0.2) is 35.2 Å². The third-order valence-electron chi connectivity index (χ3n) is 3.35. The highest BCUT2D eigenvalue weighted by Crippen LogP contribution is 2.16. The fourth-order valence-corrected chi connectivity index (χ4v) is 3.14. The lowest BCUT2D eigenvalue weighted by Crippen LogP contribution is -2.41. The van der Waals surface area contributed by atoms with Gasteiger partial charge >= 0.3 is 0 Å². The van der Waals surface area contributed by atoms with Crippen LogP contribution in [0.1, 0.15) is 32.4 Å². The van der Waals surface area contributed by atoms with Crippen LogP contribution < -0.4 is 5.32 Å². The Balaban J connectivity index is 2.06. The van der Waals surface area contributed by atoms with Crippen LogP contribution in [-0.2, 0) is 11.2 Å². The minimum Gasteiger partial charge on any atom is -0.377 e. The van der Waals surface area contributed by atoms with Gasteiger partial charge in [0.15, 0.2) is 4.96 Å². The summed E-state index contributed by atoms with van der Waals surface area (Å²) >= 11 is 1.67. The van der Waals surface area contributed by atoms with Crippen molar-refractivity contribution in [1.29, 1.82) is 0 Å². The average molecular weight is 281 g/mol. The molecule has 19 heavy (non-hydrogen) atoms. The van der Waals surface area contributed by atoms with Gasteiger partial charge in [-0.25, -0.2) is 4.98 Å². The number of imidazole rings is 1. The first kappa shape index (κ1) is 14.5. The zero-order chi connectivity index (χ0) is 13.7. The molecule has 0 aliphatic heterocycles. The van der Waals surface area contributed by atoms with Crippen molar-refractivity contribution in [2.45, 2.75) is 45.3 Å². The smallest absolute Gasteiger partial charge is 0.193 e. The Morgan fingerprint density at radius 2 is 2.32 bits per heavy atom. The number of hydrogen-bond acceptors (Lipinski definition) is 4. The Morgan fingerprint density at radius 1 is 1.47 bits per heavy atom. The van der Waals surface area contributed by atoms with Crippen LogP contribution in [0.3, 0.4) is 0 Å². The number of nitrogens with zero attached hydrogens (tertiary/aromatic N) is 2. The minimum absolute atomic E-state index is 0.264. The van der Waals surface area contributed by atoms with Crippen molar-refractivity contribution in [2.24, 2.45) is 0 Å². The summed E-state index contributed by atoms with van der Waals surface area (Å²) in [4.78, 5) is 5.71. The van der Waals surface area contributed by atoms with Crippen molar-refractivity contribution in [3.8, 4) is 0 Å². The Bertz CT molecular complexity index is 459. The lowest BCUT2D eigenvalue weighted by atomic mass is 10.0. The molecule has 0 aromatic carbocycles. The molecule has 2 aromatic rings. The maximum atomic E-state index is 5.87. The Kier molecular flexibility index (Phi) is 5.36. The summed E-state index contributed by atoms with van der Waals surface area (Å²) in [6.45, 7) is 5.02. The molecule has 0 saturated heterocycles. The summed E-state index contributed by atoms with van der Waals surface area (Å²) in [5.41, 5.74) is 1.13. The number of likely N-dealkylation sites (N-methyl/N-ethyl adjacent to an activating group) is 1. The van der Waals surface area contributed by atoms with Gasteiger partial charge in [-0.3, -0.25) is 4.40 Å². The molecule has 2 aromatic heterocycles. The molecule has 0 spiro atoms. The molecule has 2 heterocycles. The van der Waals surface area contributed by atoms with Crippen molar-refractivity contribution in [1.82, 2.24) is 14.7 Å². The maximum absolute atomic E-state index is 5.87. The van der Waals surface area contributed by atoms with Crippen LogP contribution in [0.25, 0.3) is 4.96 Å². The fraction of sp³-hybridized carbons (Fsp3) is 0.643. The molecule has 106 valence electrons. The first-order valence-electron chi connectivity index (χ1n) is 6.98. The summed E-state index contributed by atoms with van der Waals surface area (Å²) in [5, 5.41) is 5.44. The number of thiazole rings is 1. The largest absolute Gasteiger partial charge is 0.377 e. The molecule has 2 unspecified atom stereocenters. The lowest BCUT2D eigenvalue weighted by molar-refractivity contribution is 0.0299. The van der Waals surface area contributed by atoms with Gasteiger partial charge in [0, 0.05) is 36.8 Å². The number of hydrogen-bond donors (Lipinski definition) is 1. The predicted molar refractivity (Wildman–Crippen MR) is 79.9 cm³/mol. The summed E-state index contributed by atoms with van der Waals surface area (Å²) in [6, 6.07) is 0.324. The van der Waals surface area contributed by atoms with E-state index in [0.717, 1.165) is 36.5 Å². The zero-order valence-electron chi connectivity index (χ0n) is 11.9. The van der Waals surface area contributed by atoms with E-state index >= 15 is 0 Å². The van der Waals surface area contributed by atoms with E-state index in [1.807, 2.05) is 7.05 Å².